The van der Waals surface area contributed by atoms with Crippen molar-refractivity contribution in [3.05, 3.63) is 24.5 Å². The minimum absolute atomic E-state index is 0.201. The molecule has 1 atom stereocenters. The van der Waals surface area contributed by atoms with E-state index in [2.05, 4.69) is 20.1 Å². The van der Waals surface area contributed by atoms with Gasteiger partial charge >= 0.3 is 0 Å². The molecule has 2 aromatic rings. The molecule has 0 saturated heterocycles. The van der Waals surface area contributed by atoms with Gasteiger partial charge in [-0.25, -0.2) is 4.98 Å². The van der Waals surface area contributed by atoms with Crippen LogP contribution in [-0.2, 0) is 4.79 Å². The molecule has 1 fully saturated rings. The maximum atomic E-state index is 12.0. The Bertz CT molecular complexity index is 567. The standard InChI is InChI=1S/C13H14N4O2/c18-11-5-3-1-2-4-9(11)13-16-12(17-19-13)10-8-14-6-7-15-10/h6-9H,1-5H2. The lowest BCUT2D eigenvalue weighted by Gasteiger charge is -2.06. The Balaban J connectivity index is 1.86. The quantitative estimate of drug-likeness (QED) is 0.767. The summed E-state index contributed by atoms with van der Waals surface area (Å²) in [6.07, 6.45) is 9.20. The number of carbonyl (C=O) groups is 1. The second-order valence-electron chi connectivity index (χ2n) is 4.67. The summed E-state index contributed by atoms with van der Waals surface area (Å²) in [7, 11) is 0. The highest BCUT2D eigenvalue weighted by Crippen LogP contribution is 2.28. The van der Waals surface area contributed by atoms with Crippen LogP contribution in [0.25, 0.3) is 11.5 Å². The number of hydrogen-bond donors (Lipinski definition) is 0. The minimum Gasteiger partial charge on any atom is -0.338 e. The highest BCUT2D eigenvalue weighted by molar-refractivity contribution is 5.84. The predicted octanol–water partition coefficient (Wildman–Crippen LogP) is 2.14. The smallest absolute Gasteiger partial charge is 0.237 e. The molecule has 2 aromatic heterocycles. The number of aromatic nitrogens is 4. The van der Waals surface area contributed by atoms with E-state index in [0.717, 1.165) is 25.7 Å². The van der Waals surface area contributed by atoms with E-state index < -0.39 is 0 Å². The number of nitrogens with zero attached hydrogens (tertiary/aromatic N) is 4. The van der Waals surface area contributed by atoms with Crippen molar-refractivity contribution in [2.24, 2.45) is 0 Å². The van der Waals surface area contributed by atoms with E-state index in [1.54, 1.807) is 18.6 Å². The van der Waals surface area contributed by atoms with E-state index >= 15 is 0 Å². The second kappa shape index (κ2) is 5.26. The molecule has 1 aliphatic carbocycles. The van der Waals surface area contributed by atoms with Crippen molar-refractivity contribution < 1.29 is 9.32 Å². The van der Waals surface area contributed by atoms with Gasteiger partial charge in [0.1, 0.15) is 11.5 Å². The molecule has 0 amide bonds. The van der Waals surface area contributed by atoms with Crippen LogP contribution in [0.1, 0.15) is 43.9 Å². The van der Waals surface area contributed by atoms with E-state index in [1.165, 1.54) is 0 Å². The Kier molecular flexibility index (Phi) is 3.31. The molecule has 6 heteroatoms. The molecule has 0 N–H and O–H groups in total. The van der Waals surface area contributed by atoms with Gasteiger partial charge in [0.05, 0.1) is 12.1 Å². The third-order valence-corrected chi connectivity index (χ3v) is 3.34. The summed E-state index contributed by atoms with van der Waals surface area (Å²) >= 11 is 0. The maximum Gasteiger partial charge on any atom is 0.237 e. The molecule has 19 heavy (non-hydrogen) atoms. The van der Waals surface area contributed by atoms with Crippen LogP contribution in [0.4, 0.5) is 0 Å². The molecular weight excluding hydrogens is 244 g/mol. The van der Waals surface area contributed by atoms with Gasteiger partial charge in [-0.15, -0.1) is 0 Å². The first-order valence-corrected chi connectivity index (χ1v) is 6.47. The third-order valence-electron chi connectivity index (χ3n) is 3.34. The monoisotopic (exact) mass is 258 g/mol. The van der Waals surface area contributed by atoms with Gasteiger partial charge in [0.2, 0.25) is 11.7 Å². The second-order valence-corrected chi connectivity index (χ2v) is 4.67. The Morgan fingerprint density at radius 3 is 3.00 bits per heavy atom. The van der Waals surface area contributed by atoms with Crippen molar-refractivity contribution in [2.75, 3.05) is 0 Å². The molecule has 98 valence electrons. The van der Waals surface area contributed by atoms with E-state index in [0.29, 0.717) is 23.8 Å². The van der Waals surface area contributed by atoms with Crippen molar-refractivity contribution in [3.8, 4) is 11.5 Å². The van der Waals surface area contributed by atoms with Crippen molar-refractivity contribution >= 4 is 5.78 Å². The molecular formula is C13H14N4O2. The van der Waals surface area contributed by atoms with Gasteiger partial charge in [0, 0.05) is 18.8 Å². The van der Waals surface area contributed by atoms with Crippen LogP contribution in [0.5, 0.6) is 0 Å². The van der Waals surface area contributed by atoms with Crippen LogP contribution >= 0.6 is 0 Å². The molecule has 0 spiro atoms. The summed E-state index contributed by atoms with van der Waals surface area (Å²) in [6.45, 7) is 0. The average molecular weight is 258 g/mol. The van der Waals surface area contributed by atoms with Crippen molar-refractivity contribution in [1.29, 1.82) is 0 Å². The van der Waals surface area contributed by atoms with Gasteiger partial charge in [-0.05, 0) is 12.8 Å². The molecule has 0 radical (unpaired) electrons. The van der Waals surface area contributed by atoms with Gasteiger partial charge in [-0.2, -0.15) is 4.98 Å². The van der Waals surface area contributed by atoms with Crippen LogP contribution in [0.2, 0.25) is 0 Å². The van der Waals surface area contributed by atoms with Crippen LogP contribution in [0, 0.1) is 0 Å². The van der Waals surface area contributed by atoms with Crippen molar-refractivity contribution in [3.63, 3.8) is 0 Å². The zero-order valence-corrected chi connectivity index (χ0v) is 10.5. The zero-order valence-electron chi connectivity index (χ0n) is 10.5. The Hall–Kier alpha value is -2.11. The summed E-state index contributed by atoms with van der Waals surface area (Å²) < 4.78 is 5.23. The fourth-order valence-electron chi connectivity index (χ4n) is 2.32. The Morgan fingerprint density at radius 2 is 2.16 bits per heavy atom. The molecule has 3 rings (SSSR count). The van der Waals surface area contributed by atoms with Crippen molar-refractivity contribution in [1.82, 2.24) is 20.1 Å². The summed E-state index contributed by atoms with van der Waals surface area (Å²) in [5, 5.41) is 3.89. The van der Waals surface area contributed by atoms with Gasteiger partial charge < -0.3 is 4.52 Å². The van der Waals surface area contributed by atoms with Crippen molar-refractivity contribution in [2.45, 2.75) is 38.0 Å². The number of rotatable bonds is 2. The van der Waals surface area contributed by atoms with Crippen LogP contribution in [0.15, 0.2) is 23.1 Å². The molecule has 2 heterocycles. The Labute approximate surface area is 110 Å². The lowest BCUT2D eigenvalue weighted by molar-refractivity contribution is -0.120. The summed E-state index contributed by atoms with van der Waals surface area (Å²) in [5.41, 5.74) is 0.554. The molecule has 1 saturated carbocycles. The SMILES string of the molecule is O=C1CCCCCC1c1nc(-c2cnccn2)no1. The fraction of sp³-hybridized carbons (Fsp3) is 0.462. The van der Waals surface area contributed by atoms with Gasteiger partial charge in [0.15, 0.2) is 0 Å². The first-order valence-electron chi connectivity index (χ1n) is 6.47. The molecule has 0 aliphatic heterocycles. The Morgan fingerprint density at radius 1 is 1.21 bits per heavy atom. The molecule has 1 aliphatic rings. The highest BCUT2D eigenvalue weighted by atomic mass is 16.5. The summed E-state index contributed by atoms with van der Waals surface area (Å²) in [4.78, 5) is 24.4. The van der Waals surface area contributed by atoms with Crippen LogP contribution < -0.4 is 0 Å². The minimum atomic E-state index is -0.250. The van der Waals surface area contributed by atoms with E-state index in [9.17, 15) is 4.79 Å². The number of carbonyl (C=O) groups excluding carboxylic acids is 1. The number of hydrogen-bond acceptors (Lipinski definition) is 6. The summed E-state index contributed by atoms with van der Waals surface area (Å²) in [5.74, 6) is 0.750. The predicted molar refractivity (Wildman–Crippen MR) is 66.2 cm³/mol. The third kappa shape index (κ3) is 2.52. The topological polar surface area (TPSA) is 81.8 Å². The molecule has 0 bridgehead atoms. The molecule has 6 nitrogen and oxygen atoms in total. The van der Waals surface area contributed by atoms with Gasteiger partial charge in [-0.1, -0.05) is 18.0 Å². The normalized spacial score (nSPS) is 20.2. The molecule has 1 unspecified atom stereocenters. The fourth-order valence-corrected chi connectivity index (χ4v) is 2.32. The molecule has 0 aromatic carbocycles. The lowest BCUT2D eigenvalue weighted by Crippen LogP contribution is -2.10. The number of Topliss-reactive ketones (excluding diaryl/α,β-unsaturated/α-hetero) is 1. The van der Waals surface area contributed by atoms with Gasteiger partial charge in [-0.3, -0.25) is 9.78 Å². The van der Waals surface area contributed by atoms with Gasteiger partial charge in [0.25, 0.3) is 0 Å². The first-order chi connectivity index (χ1) is 9.34. The lowest BCUT2D eigenvalue weighted by atomic mass is 9.99. The summed E-state index contributed by atoms with van der Waals surface area (Å²) in [6, 6.07) is 0. The highest BCUT2D eigenvalue weighted by Gasteiger charge is 2.28. The maximum absolute atomic E-state index is 12.0. The van der Waals surface area contributed by atoms with Crippen LogP contribution in [-0.4, -0.2) is 25.9 Å². The van der Waals surface area contributed by atoms with E-state index in [4.69, 9.17) is 4.52 Å². The van der Waals surface area contributed by atoms with E-state index in [-0.39, 0.29) is 11.7 Å². The zero-order chi connectivity index (χ0) is 13.1. The number of ketones is 1. The van der Waals surface area contributed by atoms with E-state index in [1.807, 2.05) is 0 Å². The van der Waals surface area contributed by atoms with Crippen LogP contribution in [0.3, 0.4) is 0 Å². The largest absolute Gasteiger partial charge is 0.338 e. The average Bonchev–Trinajstić information content (AvgIpc) is 2.83. The first kappa shape index (κ1) is 12.0.